The molecule has 1 unspecified atom stereocenters. The fourth-order valence-electron chi connectivity index (χ4n) is 3.97. The van der Waals surface area contributed by atoms with Crippen LogP contribution in [0.5, 0.6) is 11.5 Å². The molecule has 10 nitrogen and oxygen atoms in total. The molecule has 0 saturated heterocycles. The highest BCUT2D eigenvalue weighted by atomic mass is 32.2. The molecule has 0 heterocycles. The molecule has 0 bridgehead atoms. The van der Waals surface area contributed by atoms with E-state index in [1.54, 1.807) is 48.5 Å². The zero-order valence-corrected chi connectivity index (χ0v) is 22.5. The molecule has 208 valence electrons. The summed E-state index contributed by atoms with van der Waals surface area (Å²) in [5.74, 6) is -2.39. The van der Waals surface area contributed by atoms with Gasteiger partial charge in [0.2, 0.25) is 10.0 Å². The average molecular weight is 561 g/mol. The fraction of sp³-hybridized carbons (Fsp3) is 0.296. The number of methoxy groups -OCH3 is 3. The Morgan fingerprint density at radius 3 is 1.85 bits per heavy atom. The summed E-state index contributed by atoms with van der Waals surface area (Å²) in [5.41, 5.74) is 0.745. The number of esters is 1. The number of nitro groups is 1. The van der Waals surface area contributed by atoms with Crippen LogP contribution in [0, 0.1) is 15.9 Å². The summed E-state index contributed by atoms with van der Waals surface area (Å²) >= 11 is 0. The normalized spacial score (nSPS) is 12.1. The Kier molecular flexibility index (Phi) is 9.96. The van der Waals surface area contributed by atoms with Gasteiger partial charge in [-0.3, -0.25) is 14.9 Å². The van der Waals surface area contributed by atoms with Crippen LogP contribution in [0.3, 0.4) is 0 Å². The Bertz CT molecular complexity index is 1350. The second-order valence-electron chi connectivity index (χ2n) is 8.61. The highest BCUT2D eigenvalue weighted by Crippen LogP contribution is 2.29. The van der Waals surface area contributed by atoms with Gasteiger partial charge in [-0.05, 0) is 47.9 Å². The number of halogens is 1. The standard InChI is InChI=1S/C27H29FN2O8S/c1-36-22-9-4-19(5-10-22)17-29(18-20-6-11-23(37-2)12-7-20)39(34,35)15-14-25(27(31)38-3)24-13-8-21(30(32)33)16-26(24)28/h4-13,16,25H,14-15,17-18H2,1-3H3. The number of carbonyl (C=O) groups is 1. The number of hydrogen-bond donors (Lipinski definition) is 0. The van der Waals surface area contributed by atoms with E-state index in [4.69, 9.17) is 14.2 Å². The summed E-state index contributed by atoms with van der Waals surface area (Å²) in [6.45, 7) is 0.0697. The first kappa shape index (κ1) is 29.5. The van der Waals surface area contributed by atoms with Gasteiger partial charge in [0, 0.05) is 24.7 Å². The van der Waals surface area contributed by atoms with E-state index in [0.29, 0.717) is 28.7 Å². The Labute approximate surface area is 226 Å². The Morgan fingerprint density at radius 2 is 1.44 bits per heavy atom. The maximum atomic E-state index is 14.7. The van der Waals surface area contributed by atoms with Gasteiger partial charge in [0.25, 0.3) is 5.69 Å². The summed E-state index contributed by atoms with van der Waals surface area (Å²) in [6.07, 6.45) is -0.300. The number of nitro benzene ring substituents is 1. The predicted octanol–water partition coefficient (Wildman–Crippen LogP) is 4.43. The number of hydrogen-bond acceptors (Lipinski definition) is 8. The van der Waals surface area contributed by atoms with E-state index >= 15 is 0 Å². The number of rotatable bonds is 13. The molecule has 3 aromatic rings. The van der Waals surface area contributed by atoms with E-state index in [0.717, 1.165) is 19.2 Å². The van der Waals surface area contributed by atoms with Gasteiger partial charge in [0.05, 0.1) is 44.0 Å². The maximum absolute atomic E-state index is 14.7. The van der Waals surface area contributed by atoms with Crippen molar-refractivity contribution in [3.63, 3.8) is 0 Å². The molecule has 0 aliphatic rings. The van der Waals surface area contributed by atoms with E-state index in [-0.39, 0.29) is 25.1 Å². The quantitative estimate of drug-likeness (QED) is 0.171. The molecule has 0 aliphatic carbocycles. The number of nitrogens with zero attached hydrogens (tertiary/aromatic N) is 2. The third-order valence-electron chi connectivity index (χ3n) is 6.15. The Morgan fingerprint density at radius 1 is 0.923 bits per heavy atom. The SMILES string of the molecule is COC(=O)C(CCS(=O)(=O)N(Cc1ccc(OC)cc1)Cc1ccc(OC)cc1)c1ccc([N+](=O)[O-])cc1F. The first-order valence-electron chi connectivity index (χ1n) is 11.8. The molecule has 0 radical (unpaired) electrons. The number of ether oxygens (including phenoxy) is 3. The van der Waals surface area contributed by atoms with Crippen molar-refractivity contribution in [3.8, 4) is 11.5 Å². The molecule has 0 amide bonds. The molecule has 0 spiro atoms. The van der Waals surface area contributed by atoms with Gasteiger partial charge in [0.15, 0.2) is 0 Å². The van der Waals surface area contributed by atoms with Crippen molar-refractivity contribution in [2.75, 3.05) is 27.1 Å². The molecule has 1 atom stereocenters. The molecule has 12 heteroatoms. The molecular formula is C27H29FN2O8S. The van der Waals surface area contributed by atoms with Crippen LogP contribution >= 0.6 is 0 Å². The highest BCUT2D eigenvalue weighted by Gasteiger charge is 2.30. The topological polar surface area (TPSA) is 125 Å². The van der Waals surface area contributed by atoms with Crippen LogP contribution < -0.4 is 9.47 Å². The first-order chi connectivity index (χ1) is 18.6. The monoisotopic (exact) mass is 560 g/mol. The summed E-state index contributed by atoms with van der Waals surface area (Å²) in [5, 5.41) is 11.0. The molecule has 0 aliphatic heterocycles. The van der Waals surface area contributed by atoms with E-state index in [9.17, 15) is 27.7 Å². The zero-order valence-electron chi connectivity index (χ0n) is 21.7. The van der Waals surface area contributed by atoms with Crippen molar-refractivity contribution in [3.05, 3.63) is 99.4 Å². The first-order valence-corrected chi connectivity index (χ1v) is 13.4. The lowest BCUT2D eigenvalue weighted by Crippen LogP contribution is -2.33. The summed E-state index contributed by atoms with van der Waals surface area (Å²) < 4.78 is 58.4. The number of non-ortho nitro benzene ring substituents is 1. The molecule has 39 heavy (non-hydrogen) atoms. The number of carbonyl (C=O) groups excluding carboxylic acids is 1. The number of benzene rings is 3. The van der Waals surface area contributed by atoms with Gasteiger partial charge in [-0.1, -0.05) is 24.3 Å². The smallest absolute Gasteiger partial charge is 0.313 e. The number of sulfonamides is 1. The van der Waals surface area contributed by atoms with Crippen LogP contribution in [-0.4, -0.2) is 50.7 Å². The van der Waals surface area contributed by atoms with Crippen LogP contribution in [0.1, 0.15) is 29.0 Å². The van der Waals surface area contributed by atoms with E-state index in [2.05, 4.69) is 0 Å². The Hall–Kier alpha value is -4.03. The molecular weight excluding hydrogens is 531 g/mol. The lowest BCUT2D eigenvalue weighted by atomic mass is 9.95. The highest BCUT2D eigenvalue weighted by molar-refractivity contribution is 7.89. The van der Waals surface area contributed by atoms with Crippen molar-refractivity contribution in [2.24, 2.45) is 0 Å². The third kappa shape index (κ3) is 7.74. The van der Waals surface area contributed by atoms with Gasteiger partial charge in [-0.2, -0.15) is 4.31 Å². The third-order valence-corrected chi connectivity index (χ3v) is 7.95. The van der Waals surface area contributed by atoms with Gasteiger partial charge < -0.3 is 14.2 Å². The van der Waals surface area contributed by atoms with Crippen LogP contribution in [0.25, 0.3) is 0 Å². The Balaban J connectivity index is 1.89. The summed E-state index contributed by atoms with van der Waals surface area (Å²) in [4.78, 5) is 22.7. The molecule has 0 N–H and O–H groups in total. The molecule has 0 fully saturated rings. The van der Waals surface area contributed by atoms with Crippen molar-refractivity contribution in [1.82, 2.24) is 4.31 Å². The van der Waals surface area contributed by atoms with Crippen LogP contribution in [0.15, 0.2) is 66.7 Å². The predicted molar refractivity (Wildman–Crippen MR) is 141 cm³/mol. The van der Waals surface area contributed by atoms with E-state index < -0.39 is 44.1 Å². The zero-order chi connectivity index (χ0) is 28.6. The van der Waals surface area contributed by atoms with Gasteiger partial charge in [-0.15, -0.1) is 0 Å². The summed E-state index contributed by atoms with van der Waals surface area (Å²) in [6, 6.07) is 16.7. The van der Waals surface area contributed by atoms with Crippen molar-refractivity contribution < 1.29 is 36.7 Å². The molecule has 0 saturated carbocycles. The van der Waals surface area contributed by atoms with E-state index in [1.165, 1.54) is 18.5 Å². The van der Waals surface area contributed by atoms with Crippen LogP contribution in [0.4, 0.5) is 10.1 Å². The lowest BCUT2D eigenvalue weighted by Gasteiger charge is -2.24. The largest absolute Gasteiger partial charge is 0.497 e. The minimum absolute atomic E-state index is 0.0349. The van der Waals surface area contributed by atoms with Crippen molar-refractivity contribution in [1.29, 1.82) is 0 Å². The molecule has 3 rings (SSSR count). The van der Waals surface area contributed by atoms with Crippen molar-refractivity contribution in [2.45, 2.75) is 25.4 Å². The van der Waals surface area contributed by atoms with Crippen LogP contribution in [-0.2, 0) is 32.6 Å². The molecule has 3 aromatic carbocycles. The summed E-state index contributed by atoms with van der Waals surface area (Å²) in [7, 11) is 0.164. The van der Waals surface area contributed by atoms with Gasteiger partial charge >= 0.3 is 5.97 Å². The second-order valence-corrected chi connectivity index (χ2v) is 10.7. The minimum atomic E-state index is -4.00. The average Bonchev–Trinajstić information content (AvgIpc) is 2.93. The van der Waals surface area contributed by atoms with Crippen LogP contribution in [0.2, 0.25) is 0 Å². The lowest BCUT2D eigenvalue weighted by molar-refractivity contribution is -0.385. The van der Waals surface area contributed by atoms with Gasteiger partial charge in [-0.25, -0.2) is 12.8 Å². The maximum Gasteiger partial charge on any atom is 0.313 e. The van der Waals surface area contributed by atoms with Gasteiger partial charge in [0.1, 0.15) is 17.3 Å². The van der Waals surface area contributed by atoms with E-state index in [1.807, 2.05) is 0 Å². The molecule has 0 aromatic heterocycles. The fourth-order valence-corrected chi connectivity index (χ4v) is 5.46. The van der Waals surface area contributed by atoms with Crippen molar-refractivity contribution >= 4 is 21.7 Å². The second kappa shape index (κ2) is 13.2. The minimum Gasteiger partial charge on any atom is -0.497 e.